The first-order valence-electron chi connectivity index (χ1n) is 7.88. The zero-order chi connectivity index (χ0) is 19.1. The lowest BCUT2D eigenvalue weighted by atomic mass is 10.1. The summed E-state index contributed by atoms with van der Waals surface area (Å²) in [6.45, 7) is 6.58. The van der Waals surface area contributed by atoms with E-state index in [0.717, 1.165) is 12.0 Å². The van der Waals surface area contributed by atoms with Gasteiger partial charge in [-0.2, -0.15) is 0 Å². The number of carbonyl (C=O) groups excluding carboxylic acids is 1. The molecule has 7 heteroatoms. The fraction of sp³-hybridized carbons (Fsp3) is 0.500. The average Bonchev–Trinajstić information content (AvgIpc) is 3.10. The van der Waals surface area contributed by atoms with Crippen molar-refractivity contribution in [3.8, 4) is 0 Å². The minimum Gasteiger partial charge on any atom is -0.460 e. The van der Waals surface area contributed by atoms with Crippen molar-refractivity contribution in [2.75, 3.05) is 0 Å². The highest BCUT2D eigenvalue weighted by atomic mass is 19.2. The summed E-state index contributed by atoms with van der Waals surface area (Å²) in [5.41, 5.74) is -0.447. The Morgan fingerprint density at radius 3 is 2.00 bits per heavy atom. The molecule has 138 valence electrons. The molecule has 2 unspecified atom stereocenters. The fourth-order valence-corrected chi connectivity index (χ4v) is 2.87. The Labute approximate surface area is 142 Å². The van der Waals surface area contributed by atoms with Crippen LogP contribution in [0, 0.1) is 46.3 Å². The smallest absolute Gasteiger partial charge is 0.310 e. The zero-order valence-electron chi connectivity index (χ0n) is 14.4. The summed E-state index contributed by atoms with van der Waals surface area (Å²) in [4.78, 5) is 12.2. The minimum atomic E-state index is -2.24. The largest absolute Gasteiger partial charge is 0.460 e. The van der Waals surface area contributed by atoms with E-state index in [2.05, 4.69) is 0 Å². The number of hydrogen-bond acceptors (Lipinski definition) is 2. The monoisotopic (exact) mass is 362 g/mol. The molecular formula is C18H19F5O2. The maximum atomic E-state index is 13.6. The van der Waals surface area contributed by atoms with Gasteiger partial charge in [0.25, 0.3) is 0 Å². The fourth-order valence-electron chi connectivity index (χ4n) is 2.87. The highest BCUT2D eigenvalue weighted by Gasteiger charge is 2.61. The lowest BCUT2D eigenvalue weighted by Crippen LogP contribution is -2.14. The molecule has 0 aromatic heterocycles. The highest BCUT2D eigenvalue weighted by molar-refractivity contribution is 5.78. The predicted molar refractivity (Wildman–Crippen MR) is 80.8 cm³/mol. The van der Waals surface area contributed by atoms with Crippen molar-refractivity contribution in [3.05, 3.63) is 46.3 Å². The van der Waals surface area contributed by atoms with Crippen molar-refractivity contribution in [2.45, 2.75) is 40.7 Å². The van der Waals surface area contributed by atoms with E-state index in [1.54, 1.807) is 0 Å². The summed E-state index contributed by atoms with van der Waals surface area (Å²) in [5.74, 6) is -11.7. The molecule has 0 N–H and O–H groups in total. The van der Waals surface area contributed by atoms with Crippen LogP contribution in [-0.4, -0.2) is 5.97 Å². The number of allylic oxidation sites excluding steroid dienone is 2. The van der Waals surface area contributed by atoms with E-state index in [4.69, 9.17) is 4.74 Å². The van der Waals surface area contributed by atoms with Gasteiger partial charge in [-0.05, 0) is 24.7 Å². The van der Waals surface area contributed by atoms with E-state index in [1.165, 1.54) is 0 Å². The van der Waals surface area contributed by atoms with Gasteiger partial charge in [0.2, 0.25) is 5.82 Å². The molecule has 25 heavy (non-hydrogen) atoms. The Bertz CT molecular complexity index is 710. The second kappa shape index (κ2) is 6.77. The van der Waals surface area contributed by atoms with Gasteiger partial charge in [0.05, 0.1) is 11.5 Å². The molecule has 1 aromatic carbocycles. The number of benzene rings is 1. The molecule has 0 amide bonds. The summed E-state index contributed by atoms with van der Waals surface area (Å²) in [6, 6.07) is 0. The molecule has 0 saturated heterocycles. The number of carbonyl (C=O) groups is 1. The lowest BCUT2D eigenvalue weighted by molar-refractivity contribution is -0.147. The van der Waals surface area contributed by atoms with Crippen LogP contribution in [0.25, 0.3) is 0 Å². The van der Waals surface area contributed by atoms with Crippen LogP contribution in [0.1, 0.15) is 39.7 Å². The quantitative estimate of drug-likeness (QED) is 0.241. The maximum absolute atomic E-state index is 13.6. The first-order valence-corrected chi connectivity index (χ1v) is 7.88. The molecule has 0 radical (unpaired) electrons. The van der Waals surface area contributed by atoms with E-state index in [9.17, 15) is 26.7 Å². The van der Waals surface area contributed by atoms with Crippen molar-refractivity contribution in [1.82, 2.24) is 0 Å². The normalized spacial score (nSPS) is 22.0. The van der Waals surface area contributed by atoms with E-state index >= 15 is 0 Å². The Morgan fingerprint density at radius 1 is 1.04 bits per heavy atom. The number of rotatable bonds is 5. The van der Waals surface area contributed by atoms with Crippen molar-refractivity contribution in [2.24, 2.45) is 17.3 Å². The molecule has 1 aliphatic carbocycles. The third-order valence-corrected chi connectivity index (χ3v) is 4.85. The van der Waals surface area contributed by atoms with Crippen molar-refractivity contribution < 1.29 is 31.5 Å². The Kier molecular flexibility index (Phi) is 5.25. The van der Waals surface area contributed by atoms with Crippen LogP contribution in [0.2, 0.25) is 0 Å². The molecule has 0 heterocycles. The topological polar surface area (TPSA) is 26.3 Å². The van der Waals surface area contributed by atoms with Gasteiger partial charge >= 0.3 is 5.97 Å². The summed E-state index contributed by atoms with van der Waals surface area (Å²) >= 11 is 0. The Morgan fingerprint density at radius 2 is 1.52 bits per heavy atom. The van der Waals surface area contributed by atoms with Gasteiger partial charge in [0.15, 0.2) is 23.3 Å². The van der Waals surface area contributed by atoms with Crippen LogP contribution < -0.4 is 0 Å². The summed E-state index contributed by atoms with van der Waals surface area (Å²) in [5, 5.41) is 0. The van der Waals surface area contributed by atoms with Gasteiger partial charge in [0, 0.05) is 0 Å². The van der Waals surface area contributed by atoms with Crippen LogP contribution in [-0.2, 0) is 16.1 Å². The molecular weight excluding hydrogens is 343 g/mol. The molecule has 2 nitrogen and oxygen atoms in total. The van der Waals surface area contributed by atoms with Crippen molar-refractivity contribution >= 4 is 5.97 Å². The third-order valence-electron chi connectivity index (χ3n) is 4.85. The molecule has 2 rings (SSSR count). The molecule has 0 spiro atoms. The first kappa shape index (κ1) is 19.4. The van der Waals surface area contributed by atoms with Crippen LogP contribution in [0.3, 0.4) is 0 Å². The van der Waals surface area contributed by atoms with E-state index in [0.29, 0.717) is 0 Å². The Balaban J connectivity index is 2.14. The number of ether oxygens (including phenoxy) is 1. The van der Waals surface area contributed by atoms with Gasteiger partial charge in [-0.3, -0.25) is 4.79 Å². The Hall–Kier alpha value is -1.92. The summed E-state index contributed by atoms with van der Waals surface area (Å²) < 4.78 is 71.3. The molecule has 0 aliphatic heterocycles. The van der Waals surface area contributed by atoms with Crippen molar-refractivity contribution in [3.63, 3.8) is 0 Å². The van der Waals surface area contributed by atoms with E-state index in [1.807, 2.05) is 33.8 Å². The van der Waals surface area contributed by atoms with E-state index in [-0.39, 0.29) is 11.3 Å². The number of esters is 1. The van der Waals surface area contributed by atoms with Gasteiger partial charge in [0.1, 0.15) is 6.61 Å². The van der Waals surface area contributed by atoms with Crippen LogP contribution in [0.15, 0.2) is 11.6 Å². The number of hydrogen-bond donors (Lipinski definition) is 0. The third kappa shape index (κ3) is 3.41. The van der Waals surface area contributed by atoms with Gasteiger partial charge < -0.3 is 4.74 Å². The molecule has 2 atom stereocenters. The lowest BCUT2D eigenvalue weighted by Gasteiger charge is -2.09. The minimum absolute atomic E-state index is 0.0867. The number of halogens is 5. The summed E-state index contributed by atoms with van der Waals surface area (Å²) in [7, 11) is 0. The molecule has 1 saturated carbocycles. The average molecular weight is 362 g/mol. The highest BCUT2D eigenvalue weighted by Crippen LogP contribution is 2.60. The van der Waals surface area contributed by atoms with Crippen molar-refractivity contribution in [1.29, 1.82) is 0 Å². The van der Waals surface area contributed by atoms with Gasteiger partial charge in [-0.1, -0.05) is 32.4 Å². The maximum Gasteiger partial charge on any atom is 0.310 e. The first-order chi connectivity index (χ1) is 11.5. The van der Waals surface area contributed by atoms with Crippen LogP contribution in [0.5, 0.6) is 0 Å². The molecule has 1 aromatic rings. The SMILES string of the molecule is CC/C(C)=C\C1C(C(=O)OCc2c(F)c(F)c(F)c(F)c2F)C1(C)C. The van der Waals surface area contributed by atoms with E-state index < -0.39 is 53.1 Å². The zero-order valence-corrected chi connectivity index (χ0v) is 14.4. The molecule has 1 aliphatic rings. The second-order valence-corrected chi connectivity index (χ2v) is 6.85. The van der Waals surface area contributed by atoms with Crippen LogP contribution in [0.4, 0.5) is 22.0 Å². The van der Waals surface area contributed by atoms with Gasteiger partial charge in [-0.25, -0.2) is 22.0 Å². The second-order valence-electron chi connectivity index (χ2n) is 6.85. The molecule has 1 fully saturated rings. The summed E-state index contributed by atoms with van der Waals surface area (Å²) in [6.07, 6.45) is 2.77. The standard InChI is InChI=1S/C18H19F5O2/c1-5-8(2)6-10-11(18(10,3)4)17(24)25-7-9-12(19)14(21)16(23)15(22)13(9)20/h6,10-11H,5,7H2,1-4H3/b8-6-. The van der Waals surface area contributed by atoms with Gasteiger partial charge in [-0.15, -0.1) is 0 Å². The molecule has 0 bridgehead atoms. The predicted octanol–water partition coefficient (Wildman–Crippen LogP) is 5.05. The van der Waals surface area contributed by atoms with Crippen LogP contribution >= 0.6 is 0 Å².